The van der Waals surface area contributed by atoms with Crippen LogP contribution in [-0.2, 0) is 38.6 Å². The zero-order valence-electron chi connectivity index (χ0n) is 27.9. The molecule has 1 saturated heterocycles. The lowest BCUT2D eigenvalue weighted by Gasteiger charge is -2.34. The number of nitrogens with two attached hydrogens (primary N) is 1. The Labute approximate surface area is 282 Å². The number of aryl methyl sites for hydroxylation is 3. The number of benzene rings is 3. The van der Waals surface area contributed by atoms with Crippen LogP contribution in [0, 0.1) is 19.8 Å². The lowest BCUT2D eigenvalue weighted by atomic mass is 9.94. The van der Waals surface area contributed by atoms with Gasteiger partial charge in [0.05, 0.1) is 19.4 Å². The van der Waals surface area contributed by atoms with E-state index in [0.717, 1.165) is 52.8 Å². The van der Waals surface area contributed by atoms with Gasteiger partial charge in [0.1, 0.15) is 17.8 Å². The van der Waals surface area contributed by atoms with E-state index in [1.807, 2.05) is 68.4 Å². The molecule has 3 aromatic carbocycles. The molecule has 3 aromatic rings. The van der Waals surface area contributed by atoms with E-state index < -0.39 is 23.9 Å². The molecule has 10 heteroatoms. The van der Waals surface area contributed by atoms with Crippen molar-refractivity contribution in [2.24, 2.45) is 5.92 Å². The molecule has 4 bridgehead atoms. The Morgan fingerprint density at radius 3 is 2.56 bits per heavy atom. The molecule has 254 valence electrons. The van der Waals surface area contributed by atoms with Crippen LogP contribution in [-0.4, -0.2) is 60.3 Å². The van der Waals surface area contributed by atoms with E-state index in [-0.39, 0.29) is 37.1 Å². The average Bonchev–Trinajstić information content (AvgIpc) is 3.08. The van der Waals surface area contributed by atoms with Gasteiger partial charge in [0.15, 0.2) is 0 Å². The quantitative estimate of drug-likeness (QED) is 0.299. The normalized spacial score (nSPS) is 20.8. The number of anilines is 1. The molecular formula is C38H47N5O5. The van der Waals surface area contributed by atoms with Crippen molar-refractivity contribution in [3.8, 4) is 5.75 Å². The summed E-state index contributed by atoms with van der Waals surface area (Å²) in [7, 11) is 0. The van der Waals surface area contributed by atoms with Gasteiger partial charge in [0.25, 0.3) is 0 Å². The lowest BCUT2D eigenvalue weighted by Crippen LogP contribution is -2.55. The van der Waals surface area contributed by atoms with E-state index in [1.54, 1.807) is 17.0 Å². The van der Waals surface area contributed by atoms with Crippen molar-refractivity contribution < 1.29 is 23.9 Å². The number of carbonyl (C=O) groups is 4. The third-order valence-electron chi connectivity index (χ3n) is 9.37. The van der Waals surface area contributed by atoms with Gasteiger partial charge in [-0.3, -0.25) is 19.2 Å². The van der Waals surface area contributed by atoms with Crippen molar-refractivity contribution in [2.45, 2.75) is 77.4 Å². The highest BCUT2D eigenvalue weighted by Gasteiger charge is 2.32. The highest BCUT2D eigenvalue weighted by molar-refractivity contribution is 5.95. The van der Waals surface area contributed by atoms with Crippen LogP contribution < -0.4 is 26.4 Å². The first-order valence-corrected chi connectivity index (χ1v) is 16.9. The smallest absolute Gasteiger partial charge is 0.243 e. The number of nitrogen functional groups attached to an aromatic ring is 1. The Kier molecular flexibility index (Phi) is 11.7. The molecule has 0 aliphatic carbocycles. The molecule has 0 spiro atoms. The first-order valence-electron chi connectivity index (χ1n) is 16.9. The maximum Gasteiger partial charge on any atom is 0.243 e. The predicted molar refractivity (Wildman–Crippen MR) is 185 cm³/mol. The first-order chi connectivity index (χ1) is 23.1. The van der Waals surface area contributed by atoms with Gasteiger partial charge >= 0.3 is 0 Å². The number of hydrogen-bond acceptors (Lipinski definition) is 6. The maximum absolute atomic E-state index is 14.0. The molecule has 2 aliphatic heterocycles. The van der Waals surface area contributed by atoms with Crippen molar-refractivity contribution in [3.63, 3.8) is 0 Å². The van der Waals surface area contributed by atoms with Crippen molar-refractivity contribution in [2.75, 3.05) is 25.4 Å². The van der Waals surface area contributed by atoms with E-state index in [2.05, 4.69) is 16.0 Å². The van der Waals surface area contributed by atoms with E-state index in [4.69, 9.17) is 10.5 Å². The molecule has 2 aliphatic rings. The minimum Gasteiger partial charge on any atom is -0.494 e. The highest BCUT2D eigenvalue weighted by atomic mass is 16.5. The molecule has 0 aromatic heterocycles. The van der Waals surface area contributed by atoms with Crippen LogP contribution in [0.25, 0.3) is 0 Å². The molecule has 3 atom stereocenters. The summed E-state index contributed by atoms with van der Waals surface area (Å²) in [5, 5.41) is 8.71. The van der Waals surface area contributed by atoms with Crippen LogP contribution >= 0.6 is 0 Å². The lowest BCUT2D eigenvalue weighted by molar-refractivity contribution is -0.138. The summed E-state index contributed by atoms with van der Waals surface area (Å²) in [6.07, 6.45) is 3.31. The van der Waals surface area contributed by atoms with Crippen LogP contribution in [0.2, 0.25) is 0 Å². The van der Waals surface area contributed by atoms with Gasteiger partial charge in [-0.05, 0) is 97.9 Å². The topological polar surface area (TPSA) is 143 Å². The van der Waals surface area contributed by atoms with Crippen molar-refractivity contribution in [1.82, 2.24) is 20.9 Å². The molecule has 2 unspecified atom stereocenters. The fourth-order valence-corrected chi connectivity index (χ4v) is 6.39. The van der Waals surface area contributed by atoms with Gasteiger partial charge in [-0.15, -0.1) is 0 Å². The van der Waals surface area contributed by atoms with Gasteiger partial charge in [-0.25, -0.2) is 0 Å². The van der Waals surface area contributed by atoms with Crippen molar-refractivity contribution in [3.05, 3.63) is 94.5 Å². The van der Waals surface area contributed by atoms with Crippen LogP contribution in [0.3, 0.4) is 0 Å². The second-order valence-electron chi connectivity index (χ2n) is 13.1. The number of ether oxygens (including phenoxy) is 1. The minimum atomic E-state index is -1.16. The largest absolute Gasteiger partial charge is 0.494 e. The number of nitrogens with zero attached hydrogens (tertiary/aromatic N) is 1. The third-order valence-corrected chi connectivity index (χ3v) is 9.37. The second kappa shape index (κ2) is 16.3. The molecule has 0 radical (unpaired) electrons. The Bertz CT molecular complexity index is 1610. The van der Waals surface area contributed by atoms with Gasteiger partial charge in [0, 0.05) is 25.3 Å². The number of nitrogens with one attached hydrogen (secondary N) is 3. The number of fused-ring (bicyclic) bond motifs is 4. The first kappa shape index (κ1) is 34.5. The van der Waals surface area contributed by atoms with Gasteiger partial charge in [0.2, 0.25) is 23.6 Å². The van der Waals surface area contributed by atoms with Crippen LogP contribution in [0.1, 0.15) is 59.9 Å². The summed E-state index contributed by atoms with van der Waals surface area (Å²) in [6.45, 7) is 5.78. The molecule has 48 heavy (non-hydrogen) atoms. The van der Waals surface area contributed by atoms with Gasteiger partial charge < -0.3 is 31.3 Å². The SMILES string of the molecule is Cc1cc(CC(=O)N[C@H]2CC(=O)N3CCCC(CCOc4ccc(C)c(c4)CNC(=O)C(CCc4ccccc4)NC2=O)C3)ccc1N. The maximum atomic E-state index is 14.0. The zero-order chi connectivity index (χ0) is 34.0. The Hall–Kier alpha value is -4.86. The monoisotopic (exact) mass is 653 g/mol. The molecular weight excluding hydrogens is 606 g/mol. The molecule has 5 N–H and O–H groups in total. The minimum absolute atomic E-state index is 0.0151. The summed E-state index contributed by atoms with van der Waals surface area (Å²) in [5.41, 5.74) is 11.1. The second-order valence-corrected chi connectivity index (χ2v) is 13.1. The summed E-state index contributed by atoms with van der Waals surface area (Å²) in [6, 6.07) is 18.9. The van der Waals surface area contributed by atoms with Gasteiger partial charge in [-0.2, -0.15) is 0 Å². The highest BCUT2D eigenvalue weighted by Crippen LogP contribution is 2.23. The summed E-state index contributed by atoms with van der Waals surface area (Å²) >= 11 is 0. The van der Waals surface area contributed by atoms with Crippen molar-refractivity contribution >= 4 is 29.3 Å². The number of amides is 4. The van der Waals surface area contributed by atoms with Gasteiger partial charge in [-0.1, -0.05) is 48.5 Å². The number of carbonyl (C=O) groups excluding carboxylic acids is 4. The summed E-state index contributed by atoms with van der Waals surface area (Å²) < 4.78 is 6.11. The number of rotatable bonds is 6. The standard InChI is InChI=1S/C38H47N5O5/c1-25-10-13-31-21-30(25)23-40-37(46)33(15-12-27-7-4-3-5-8-27)42-38(47)34(41-35(44)20-29-11-14-32(39)26(2)19-29)22-36(45)43-17-6-9-28(24-43)16-18-48-31/h3-5,7-8,10-11,13-14,19,21,28,33-34H,6,9,12,15-18,20,22-24,39H2,1-2H3,(H,40,46)(H,41,44)(H,42,47)/t28?,33?,34-/m0/s1. The van der Waals surface area contributed by atoms with Crippen LogP contribution in [0.15, 0.2) is 66.7 Å². The Morgan fingerprint density at radius 1 is 0.958 bits per heavy atom. The molecule has 4 amide bonds. The average molecular weight is 654 g/mol. The van der Waals surface area contributed by atoms with E-state index in [9.17, 15) is 19.2 Å². The molecule has 0 saturated carbocycles. The van der Waals surface area contributed by atoms with Crippen molar-refractivity contribution in [1.29, 1.82) is 0 Å². The van der Waals surface area contributed by atoms with E-state index in [1.165, 1.54) is 0 Å². The summed E-state index contributed by atoms with van der Waals surface area (Å²) in [5.74, 6) is -0.527. The third kappa shape index (κ3) is 9.59. The fraction of sp³-hybridized carbons (Fsp3) is 0.421. The Balaban J connectivity index is 1.40. The number of piperidine rings is 1. The fourth-order valence-electron chi connectivity index (χ4n) is 6.39. The van der Waals surface area contributed by atoms with E-state index >= 15 is 0 Å². The molecule has 5 rings (SSSR count). The summed E-state index contributed by atoms with van der Waals surface area (Å²) in [4.78, 5) is 56.4. The Morgan fingerprint density at radius 2 is 1.77 bits per heavy atom. The van der Waals surface area contributed by atoms with Crippen LogP contribution in [0.4, 0.5) is 5.69 Å². The van der Waals surface area contributed by atoms with Crippen LogP contribution in [0.5, 0.6) is 5.75 Å². The van der Waals surface area contributed by atoms with E-state index in [0.29, 0.717) is 38.2 Å². The molecule has 2 heterocycles. The zero-order valence-corrected chi connectivity index (χ0v) is 27.9. The predicted octanol–water partition coefficient (Wildman–Crippen LogP) is 3.76. The molecule has 10 nitrogen and oxygen atoms in total. The number of hydrogen-bond donors (Lipinski definition) is 4. The molecule has 1 fully saturated rings.